The van der Waals surface area contributed by atoms with Crippen LogP contribution in [0.2, 0.25) is 0 Å². The highest BCUT2D eigenvalue weighted by Gasteiger charge is 2.38. The van der Waals surface area contributed by atoms with Crippen LogP contribution in [0.4, 0.5) is 13.2 Å². The number of rotatable bonds is 6. The molecule has 25 heavy (non-hydrogen) atoms. The van der Waals surface area contributed by atoms with Crippen LogP contribution in [-0.2, 0) is 11.0 Å². The summed E-state index contributed by atoms with van der Waals surface area (Å²) < 4.78 is 41.5. The number of aromatic nitrogens is 2. The monoisotopic (exact) mass is 357 g/mol. The van der Waals surface area contributed by atoms with Crippen LogP contribution in [0.1, 0.15) is 36.0 Å². The van der Waals surface area contributed by atoms with Gasteiger partial charge in [-0.25, -0.2) is 0 Å². The van der Waals surface area contributed by atoms with Gasteiger partial charge in [-0.05, 0) is 25.5 Å². The first-order chi connectivity index (χ1) is 11.7. The molecule has 2 N–H and O–H groups in total. The summed E-state index contributed by atoms with van der Waals surface area (Å²) in [5, 5.41) is 14.5. The minimum Gasteiger partial charge on any atom is -0.481 e. The van der Waals surface area contributed by atoms with Gasteiger partial charge in [-0.1, -0.05) is 17.3 Å². The van der Waals surface area contributed by atoms with Gasteiger partial charge in [0.15, 0.2) is 0 Å². The summed E-state index contributed by atoms with van der Waals surface area (Å²) in [6.45, 7) is 1.67. The predicted octanol–water partition coefficient (Wildman–Crippen LogP) is 2.74. The van der Waals surface area contributed by atoms with Crippen molar-refractivity contribution in [2.24, 2.45) is 0 Å². The number of carboxylic acid groups (broad SMARTS) is 1. The van der Waals surface area contributed by atoms with Crippen LogP contribution >= 0.6 is 0 Å². The SMILES string of the molecule is CC(CCC(=O)O)NC(=O)c1ccc(-c2noc(C(F)(F)F)n2)cc1. The Morgan fingerprint density at radius 2 is 1.92 bits per heavy atom. The number of carbonyl (C=O) groups excluding carboxylic acids is 1. The first kappa shape index (κ1) is 18.4. The van der Waals surface area contributed by atoms with Crippen molar-refractivity contribution in [3.63, 3.8) is 0 Å². The van der Waals surface area contributed by atoms with E-state index in [0.717, 1.165) is 0 Å². The molecule has 0 aliphatic carbocycles. The lowest BCUT2D eigenvalue weighted by Gasteiger charge is -2.12. The van der Waals surface area contributed by atoms with Crippen molar-refractivity contribution in [1.29, 1.82) is 0 Å². The molecule has 10 heteroatoms. The number of nitrogens with one attached hydrogen (secondary N) is 1. The van der Waals surface area contributed by atoms with Gasteiger partial charge in [-0.3, -0.25) is 9.59 Å². The van der Waals surface area contributed by atoms with Crippen LogP contribution in [0.15, 0.2) is 28.8 Å². The molecule has 134 valence electrons. The molecular formula is C15H14F3N3O4. The van der Waals surface area contributed by atoms with E-state index in [4.69, 9.17) is 5.11 Å². The molecule has 1 heterocycles. The Balaban J connectivity index is 2.03. The van der Waals surface area contributed by atoms with Crippen LogP contribution in [0.25, 0.3) is 11.4 Å². The zero-order valence-electron chi connectivity index (χ0n) is 13.0. The Bertz CT molecular complexity index is 756. The maximum Gasteiger partial charge on any atom is 0.471 e. The number of alkyl halides is 3. The fourth-order valence-electron chi connectivity index (χ4n) is 1.95. The second kappa shape index (κ2) is 7.32. The molecular weight excluding hydrogens is 343 g/mol. The Morgan fingerprint density at radius 3 is 2.44 bits per heavy atom. The Morgan fingerprint density at radius 1 is 1.28 bits per heavy atom. The number of amides is 1. The van der Waals surface area contributed by atoms with E-state index in [1.54, 1.807) is 6.92 Å². The Kier molecular flexibility index (Phi) is 5.40. The maximum atomic E-state index is 12.4. The molecule has 1 aromatic carbocycles. The minimum atomic E-state index is -4.73. The zero-order valence-corrected chi connectivity index (χ0v) is 13.0. The van der Waals surface area contributed by atoms with Crippen molar-refractivity contribution in [1.82, 2.24) is 15.5 Å². The zero-order chi connectivity index (χ0) is 18.6. The van der Waals surface area contributed by atoms with Gasteiger partial charge in [-0.2, -0.15) is 18.2 Å². The summed E-state index contributed by atoms with van der Waals surface area (Å²) in [6.07, 6.45) is -4.51. The molecule has 0 aliphatic heterocycles. The highest BCUT2D eigenvalue weighted by Crippen LogP contribution is 2.29. The number of aliphatic carboxylic acids is 1. The predicted molar refractivity (Wildman–Crippen MR) is 78.5 cm³/mol. The molecule has 1 amide bonds. The summed E-state index contributed by atoms with van der Waals surface area (Å²) >= 11 is 0. The molecule has 0 bridgehead atoms. The number of halogens is 3. The number of hydrogen-bond donors (Lipinski definition) is 2. The van der Waals surface area contributed by atoms with Gasteiger partial charge >= 0.3 is 18.0 Å². The molecule has 1 atom stereocenters. The molecule has 0 saturated carbocycles. The van der Waals surface area contributed by atoms with E-state index in [-0.39, 0.29) is 35.8 Å². The molecule has 0 aliphatic rings. The molecule has 2 aromatic rings. The van der Waals surface area contributed by atoms with Gasteiger partial charge in [0, 0.05) is 23.6 Å². The van der Waals surface area contributed by atoms with Gasteiger partial charge in [0.25, 0.3) is 5.91 Å². The molecule has 1 aromatic heterocycles. The average Bonchev–Trinajstić information content (AvgIpc) is 3.03. The van der Waals surface area contributed by atoms with E-state index in [2.05, 4.69) is 20.0 Å². The van der Waals surface area contributed by atoms with Crippen molar-refractivity contribution < 1.29 is 32.4 Å². The lowest BCUT2D eigenvalue weighted by atomic mass is 10.1. The van der Waals surface area contributed by atoms with Gasteiger partial charge in [0.05, 0.1) is 0 Å². The number of hydrogen-bond acceptors (Lipinski definition) is 5. The second-order valence-corrected chi connectivity index (χ2v) is 5.31. The van der Waals surface area contributed by atoms with E-state index in [0.29, 0.717) is 0 Å². The molecule has 1 unspecified atom stereocenters. The molecule has 0 radical (unpaired) electrons. The van der Waals surface area contributed by atoms with Crippen LogP contribution in [0, 0.1) is 0 Å². The van der Waals surface area contributed by atoms with Crippen molar-refractivity contribution in [2.45, 2.75) is 32.0 Å². The van der Waals surface area contributed by atoms with Gasteiger partial charge in [0.2, 0.25) is 5.82 Å². The van der Waals surface area contributed by atoms with E-state index in [9.17, 15) is 22.8 Å². The third-order valence-corrected chi connectivity index (χ3v) is 3.24. The van der Waals surface area contributed by atoms with E-state index >= 15 is 0 Å². The van der Waals surface area contributed by atoms with E-state index in [1.807, 2.05) is 0 Å². The van der Waals surface area contributed by atoms with Crippen LogP contribution in [0.3, 0.4) is 0 Å². The molecule has 7 nitrogen and oxygen atoms in total. The van der Waals surface area contributed by atoms with Crippen molar-refractivity contribution in [3.05, 3.63) is 35.7 Å². The first-order valence-corrected chi connectivity index (χ1v) is 7.21. The summed E-state index contributed by atoms with van der Waals surface area (Å²) in [6, 6.07) is 5.25. The average molecular weight is 357 g/mol. The van der Waals surface area contributed by atoms with Gasteiger partial charge in [0.1, 0.15) is 0 Å². The molecule has 2 rings (SSSR count). The smallest absolute Gasteiger partial charge is 0.471 e. The lowest BCUT2D eigenvalue weighted by molar-refractivity contribution is -0.159. The topological polar surface area (TPSA) is 105 Å². The third-order valence-electron chi connectivity index (χ3n) is 3.24. The minimum absolute atomic E-state index is 0.0697. The first-order valence-electron chi connectivity index (χ1n) is 7.21. The number of nitrogens with zero attached hydrogens (tertiary/aromatic N) is 2. The second-order valence-electron chi connectivity index (χ2n) is 5.31. The van der Waals surface area contributed by atoms with Crippen molar-refractivity contribution >= 4 is 11.9 Å². The third kappa shape index (κ3) is 5.03. The normalized spacial score (nSPS) is 12.6. The summed E-state index contributed by atoms with van der Waals surface area (Å²) in [5.41, 5.74) is 0.528. The molecule has 0 saturated heterocycles. The maximum absolute atomic E-state index is 12.4. The highest BCUT2D eigenvalue weighted by atomic mass is 19.4. The fraction of sp³-hybridized carbons (Fsp3) is 0.333. The summed E-state index contributed by atoms with van der Waals surface area (Å²) in [7, 11) is 0. The largest absolute Gasteiger partial charge is 0.481 e. The van der Waals surface area contributed by atoms with Crippen LogP contribution in [0.5, 0.6) is 0 Å². The number of benzene rings is 1. The Hall–Kier alpha value is -2.91. The highest BCUT2D eigenvalue weighted by molar-refractivity contribution is 5.94. The quantitative estimate of drug-likeness (QED) is 0.824. The van der Waals surface area contributed by atoms with E-state index in [1.165, 1.54) is 24.3 Å². The van der Waals surface area contributed by atoms with Crippen molar-refractivity contribution in [3.8, 4) is 11.4 Å². The van der Waals surface area contributed by atoms with Crippen LogP contribution < -0.4 is 5.32 Å². The Labute approximate surface area is 139 Å². The summed E-state index contributed by atoms with van der Waals surface area (Å²) in [5.74, 6) is -3.07. The van der Waals surface area contributed by atoms with Crippen LogP contribution in [-0.4, -0.2) is 33.2 Å². The van der Waals surface area contributed by atoms with Gasteiger partial charge < -0.3 is 14.9 Å². The standard InChI is InChI=1S/C15H14F3N3O4/c1-8(2-7-11(22)23)19-13(24)10-5-3-9(4-6-10)12-20-14(25-21-12)15(16,17)18/h3-6,8H,2,7H2,1H3,(H,19,24)(H,22,23). The lowest BCUT2D eigenvalue weighted by Crippen LogP contribution is -2.32. The fourth-order valence-corrected chi connectivity index (χ4v) is 1.95. The van der Waals surface area contributed by atoms with E-state index < -0.39 is 23.9 Å². The number of carbonyl (C=O) groups is 2. The molecule has 0 fully saturated rings. The summed E-state index contributed by atoms with van der Waals surface area (Å²) in [4.78, 5) is 25.8. The molecule has 0 spiro atoms. The van der Waals surface area contributed by atoms with Crippen molar-refractivity contribution in [2.75, 3.05) is 0 Å². The van der Waals surface area contributed by atoms with Gasteiger partial charge in [-0.15, -0.1) is 0 Å². The number of carboxylic acids is 1.